The van der Waals surface area contributed by atoms with E-state index in [0.717, 1.165) is 0 Å². The quantitative estimate of drug-likeness (QED) is 0.241. The van der Waals surface area contributed by atoms with Gasteiger partial charge in [-0.3, -0.25) is 19.2 Å². The number of hydrogen-bond acceptors (Lipinski definition) is 7. The van der Waals surface area contributed by atoms with E-state index >= 15 is 0 Å². The second-order valence-electron chi connectivity index (χ2n) is 13.1. The van der Waals surface area contributed by atoms with E-state index in [1.54, 1.807) is 24.0 Å². The summed E-state index contributed by atoms with van der Waals surface area (Å²) in [5.74, 6) is -2.99. The molecule has 0 radical (unpaired) electrons. The first-order valence-corrected chi connectivity index (χ1v) is 14.8. The number of aliphatic hydroxyl groups excluding tert-OH is 1. The summed E-state index contributed by atoms with van der Waals surface area (Å²) in [6.07, 6.45) is 4.45. The van der Waals surface area contributed by atoms with E-state index in [2.05, 4.69) is 18.5 Å². The third kappa shape index (κ3) is 6.53. The van der Waals surface area contributed by atoms with Crippen LogP contribution >= 0.6 is 0 Å². The van der Waals surface area contributed by atoms with Crippen LogP contribution in [0.5, 0.6) is 0 Å². The number of likely N-dealkylation sites (tertiary alicyclic amines) is 1. The number of hydrogen-bond donors (Lipinski definition) is 2. The maximum absolute atomic E-state index is 14.4. The fourth-order valence-electron chi connectivity index (χ4n) is 6.72. The molecule has 3 aliphatic rings. The Kier molecular flexibility index (Phi) is 10.5. The first-order chi connectivity index (χ1) is 19.2. The number of allylic oxidation sites excluding steroid dienone is 1. The number of carbonyl (C=O) groups is 4. The number of ether oxygens (including phenoxy) is 2. The number of carbonyl (C=O) groups excluding carboxylic acids is 4. The van der Waals surface area contributed by atoms with Gasteiger partial charge in [0.2, 0.25) is 17.7 Å². The fraction of sp³-hybridized carbons (Fsp3) is 0.742. The molecule has 1 spiro atoms. The molecule has 0 aromatic heterocycles. The molecule has 41 heavy (non-hydrogen) atoms. The van der Waals surface area contributed by atoms with Gasteiger partial charge in [-0.25, -0.2) is 0 Å². The Hall–Kier alpha value is -2.72. The Balaban J connectivity index is 1.94. The van der Waals surface area contributed by atoms with Gasteiger partial charge in [-0.15, -0.1) is 13.2 Å². The van der Waals surface area contributed by atoms with E-state index in [1.165, 1.54) is 4.90 Å². The summed E-state index contributed by atoms with van der Waals surface area (Å²) in [5.41, 5.74) is -1.76. The molecule has 3 fully saturated rings. The van der Waals surface area contributed by atoms with Crippen LogP contribution in [0.15, 0.2) is 25.3 Å². The molecule has 2 bridgehead atoms. The monoisotopic (exact) mass is 575 g/mol. The van der Waals surface area contributed by atoms with Crippen molar-refractivity contribution in [3.63, 3.8) is 0 Å². The van der Waals surface area contributed by atoms with E-state index in [1.807, 2.05) is 34.6 Å². The number of aliphatic hydroxyl groups is 1. The molecule has 230 valence electrons. The van der Waals surface area contributed by atoms with Gasteiger partial charge in [-0.2, -0.15) is 0 Å². The summed E-state index contributed by atoms with van der Waals surface area (Å²) < 4.78 is 12.3. The van der Waals surface area contributed by atoms with Crippen molar-refractivity contribution in [3.8, 4) is 0 Å². The van der Waals surface area contributed by atoms with Crippen molar-refractivity contribution < 1.29 is 33.8 Å². The molecular formula is C31H49N3O7. The van der Waals surface area contributed by atoms with Gasteiger partial charge in [0.1, 0.15) is 17.7 Å². The largest absolute Gasteiger partial charge is 0.460 e. The molecule has 3 rings (SSSR count). The lowest BCUT2D eigenvalue weighted by molar-refractivity contribution is -0.160. The summed E-state index contributed by atoms with van der Waals surface area (Å²) in [6.45, 7) is 19.0. The zero-order valence-electron chi connectivity index (χ0n) is 25.6. The standard InChI is InChI=1S/C31H49N3O7/c1-9-11-12-23(36)32-17-20(5)40-29(39)24-22-13-14-31(41-22)25(24)27(37)34(21(18-35)16-19(3)4)26(31)28(38)33(15-10-2)30(6,7)8/h9-10,19-22,24-26,35H,1-2,11-18H2,3-8H3,(H,32,36)/t20-,21+,22-,24+,25+,26-,31+/m0/s1. The maximum Gasteiger partial charge on any atom is 0.312 e. The molecule has 0 saturated carbocycles. The summed E-state index contributed by atoms with van der Waals surface area (Å²) in [6, 6.07) is -1.59. The van der Waals surface area contributed by atoms with E-state index in [0.29, 0.717) is 32.1 Å². The van der Waals surface area contributed by atoms with Crippen LogP contribution in [0.1, 0.15) is 73.6 Å². The topological polar surface area (TPSA) is 125 Å². The van der Waals surface area contributed by atoms with Crippen LogP contribution in [-0.4, -0.2) is 93.7 Å². The van der Waals surface area contributed by atoms with E-state index in [9.17, 15) is 24.3 Å². The van der Waals surface area contributed by atoms with Crippen LogP contribution in [0, 0.1) is 17.8 Å². The number of rotatable bonds is 14. The van der Waals surface area contributed by atoms with Gasteiger partial charge in [0, 0.05) is 18.5 Å². The van der Waals surface area contributed by atoms with Crippen LogP contribution in [0.3, 0.4) is 0 Å². The molecule has 0 unspecified atom stereocenters. The third-order valence-electron chi connectivity index (χ3n) is 8.46. The number of fused-ring (bicyclic) bond motifs is 1. The first kappa shape index (κ1) is 32.8. The normalized spacial score (nSPS) is 28.3. The van der Waals surface area contributed by atoms with Crippen molar-refractivity contribution in [2.45, 2.75) is 109 Å². The number of esters is 1. The average molecular weight is 576 g/mol. The Morgan fingerprint density at radius 2 is 1.93 bits per heavy atom. The van der Waals surface area contributed by atoms with Crippen molar-refractivity contribution in [2.24, 2.45) is 17.8 Å². The average Bonchev–Trinajstić information content (AvgIpc) is 3.54. The van der Waals surface area contributed by atoms with Gasteiger partial charge in [0.25, 0.3) is 0 Å². The zero-order valence-corrected chi connectivity index (χ0v) is 25.6. The van der Waals surface area contributed by atoms with Crippen molar-refractivity contribution >= 4 is 23.7 Å². The van der Waals surface area contributed by atoms with Gasteiger partial charge in [-0.1, -0.05) is 26.0 Å². The highest BCUT2D eigenvalue weighted by atomic mass is 16.6. The van der Waals surface area contributed by atoms with Crippen LogP contribution < -0.4 is 5.32 Å². The molecule has 10 nitrogen and oxygen atoms in total. The highest BCUT2D eigenvalue weighted by molar-refractivity contribution is 5.98. The lowest BCUT2D eigenvalue weighted by atomic mass is 9.70. The minimum Gasteiger partial charge on any atom is -0.460 e. The Morgan fingerprint density at radius 3 is 2.49 bits per heavy atom. The van der Waals surface area contributed by atoms with E-state index < -0.39 is 53.2 Å². The van der Waals surface area contributed by atoms with Crippen molar-refractivity contribution in [1.82, 2.24) is 15.1 Å². The van der Waals surface area contributed by atoms with Gasteiger partial charge >= 0.3 is 5.97 Å². The summed E-state index contributed by atoms with van der Waals surface area (Å²) >= 11 is 0. The molecule has 0 aromatic rings. The van der Waals surface area contributed by atoms with Gasteiger partial charge in [0.05, 0.1) is 37.1 Å². The predicted octanol–water partition coefficient (Wildman–Crippen LogP) is 2.60. The third-order valence-corrected chi connectivity index (χ3v) is 8.46. The molecule has 3 amide bonds. The molecular weight excluding hydrogens is 526 g/mol. The van der Waals surface area contributed by atoms with E-state index in [-0.39, 0.29) is 43.3 Å². The van der Waals surface area contributed by atoms with Crippen LogP contribution in [0.4, 0.5) is 0 Å². The predicted molar refractivity (Wildman–Crippen MR) is 154 cm³/mol. The number of amides is 3. The minimum atomic E-state index is -1.19. The first-order valence-electron chi connectivity index (χ1n) is 14.8. The lowest BCUT2D eigenvalue weighted by Crippen LogP contribution is -2.61. The molecule has 0 aromatic carbocycles. The molecule has 2 N–H and O–H groups in total. The van der Waals surface area contributed by atoms with Crippen LogP contribution in [-0.2, 0) is 28.7 Å². The summed E-state index contributed by atoms with van der Waals surface area (Å²) in [4.78, 5) is 57.5. The Morgan fingerprint density at radius 1 is 1.24 bits per heavy atom. The maximum atomic E-state index is 14.4. The molecule has 7 atom stereocenters. The van der Waals surface area contributed by atoms with Crippen LogP contribution in [0.25, 0.3) is 0 Å². The number of nitrogens with zero attached hydrogens (tertiary/aromatic N) is 2. The van der Waals surface area contributed by atoms with Gasteiger partial charge < -0.3 is 29.7 Å². The smallest absolute Gasteiger partial charge is 0.312 e. The zero-order chi connectivity index (χ0) is 30.7. The fourth-order valence-corrected chi connectivity index (χ4v) is 6.72. The van der Waals surface area contributed by atoms with Gasteiger partial charge in [0.15, 0.2) is 0 Å². The van der Waals surface area contributed by atoms with Crippen LogP contribution in [0.2, 0.25) is 0 Å². The van der Waals surface area contributed by atoms with Gasteiger partial charge in [-0.05, 0) is 59.3 Å². The van der Waals surface area contributed by atoms with Crippen molar-refractivity contribution in [2.75, 3.05) is 19.7 Å². The highest BCUT2D eigenvalue weighted by Crippen LogP contribution is 2.59. The molecule has 3 heterocycles. The summed E-state index contributed by atoms with van der Waals surface area (Å²) in [7, 11) is 0. The van der Waals surface area contributed by atoms with Crippen molar-refractivity contribution in [3.05, 3.63) is 25.3 Å². The van der Waals surface area contributed by atoms with Crippen molar-refractivity contribution in [1.29, 1.82) is 0 Å². The second kappa shape index (κ2) is 13.1. The SMILES string of the molecule is C=CCCC(=O)NC[C@H](C)OC(=O)[C@@H]1[C@@H]2CC[C@]3(O2)[C@H](C(=O)N(CC=C)C(C)(C)C)N([C@@H](CO)CC(C)C)C(=O)[C@@H]13. The Labute approximate surface area is 244 Å². The molecule has 0 aliphatic carbocycles. The number of nitrogens with one attached hydrogen (secondary N) is 1. The second-order valence-corrected chi connectivity index (χ2v) is 13.1. The minimum absolute atomic E-state index is 0.139. The molecule has 10 heteroatoms. The lowest BCUT2D eigenvalue weighted by Gasteiger charge is -2.43. The summed E-state index contributed by atoms with van der Waals surface area (Å²) in [5, 5.41) is 13.2. The highest BCUT2D eigenvalue weighted by Gasteiger charge is 2.75. The molecule has 3 saturated heterocycles. The van der Waals surface area contributed by atoms with E-state index in [4.69, 9.17) is 9.47 Å². The molecule has 3 aliphatic heterocycles. The Bertz CT molecular complexity index is 1020.